The second-order valence-corrected chi connectivity index (χ2v) is 4.92. The number of hydrogen-bond acceptors (Lipinski definition) is 3. The Morgan fingerprint density at radius 2 is 1.69 bits per heavy atom. The van der Waals surface area contributed by atoms with E-state index in [-0.39, 0.29) is 18.1 Å². The maximum atomic E-state index is 11.8. The largest absolute Gasteiger partial charge is 0.341 e. The van der Waals surface area contributed by atoms with E-state index in [0.29, 0.717) is 12.5 Å². The summed E-state index contributed by atoms with van der Waals surface area (Å²) in [5.41, 5.74) is 0. The van der Waals surface area contributed by atoms with Gasteiger partial charge in [0.1, 0.15) is 5.78 Å². The molecular weight excluding hydrogens is 204 g/mol. The van der Waals surface area contributed by atoms with Gasteiger partial charge in [0.05, 0.1) is 6.42 Å². The lowest BCUT2D eigenvalue weighted by Gasteiger charge is -2.25. The van der Waals surface area contributed by atoms with Crippen LogP contribution in [-0.2, 0) is 9.59 Å². The van der Waals surface area contributed by atoms with Crippen molar-refractivity contribution in [2.24, 2.45) is 5.92 Å². The first kappa shape index (κ1) is 15.1. The quantitative estimate of drug-likeness (QED) is 0.611. The molecule has 4 heteroatoms. The second-order valence-electron chi connectivity index (χ2n) is 4.92. The highest BCUT2D eigenvalue weighted by atomic mass is 16.2. The van der Waals surface area contributed by atoms with Crippen molar-refractivity contribution in [3.63, 3.8) is 0 Å². The minimum atomic E-state index is -0.0661. The maximum Gasteiger partial charge on any atom is 0.230 e. The van der Waals surface area contributed by atoms with Crippen molar-refractivity contribution < 1.29 is 9.59 Å². The predicted octanol–water partition coefficient (Wildman–Crippen LogP) is 1.01. The van der Waals surface area contributed by atoms with Crippen LogP contribution in [-0.4, -0.2) is 55.2 Å². The highest BCUT2D eigenvalue weighted by Gasteiger charge is 2.16. The molecule has 0 heterocycles. The van der Waals surface area contributed by atoms with Crippen LogP contribution in [0.2, 0.25) is 0 Å². The van der Waals surface area contributed by atoms with E-state index in [4.69, 9.17) is 0 Å². The second kappa shape index (κ2) is 7.39. The molecule has 1 amide bonds. The summed E-state index contributed by atoms with van der Waals surface area (Å²) in [5.74, 6) is 0.310. The topological polar surface area (TPSA) is 40.6 Å². The van der Waals surface area contributed by atoms with Crippen molar-refractivity contribution in [2.45, 2.75) is 27.2 Å². The lowest BCUT2D eigenvalue weighted by Crippen LogP contribution is -2.39. The van der Waals surface area contributed by atoms with Gasteiger partial charge < -0.3 is 9.80 Å². The van der Waals surface area contributed by atoms with Gasteiger partial charge in [-0.25, -0.2) is 0 Å². The van der Waals surface area contributed by atoms with E-state index in [2.05, 4.69) is 13.8 Å². The Morgan fingerprint density at radius 3 is 2.06 bits per heavy atom. The number of carbonyl (C=O) groups excluding carboxylic acids is 2. The number of rotatable bonds is 7. The molecule has 0 aliphatic rings. The molecule has 0 radical (unpaired) electrons. The molecule has 0 atom stereocenters. The first-order valence-corrected chi connectivity index (χ1v) is 5.75. The zero-order valence-electron chi connectivity index (χ0n) is 11.1. The third-order valence-corrected chi connectivity index (χ3v) is 2.16. The van der Waals surface area contributed by atoms with Gasteiger partial charge in [0.25, 0.3) is 0 Å². The van der Waals surface area contributed by atoms with Crippen molar-refractivity contribution in [1.82, 2.24) is 9.80 Å². The van der Waals surface area contributed by atoms with E-state index in [1.54, 1.807) is 4.90 Å². The van der Waals surface area contributed by atoms with Gasteiger partial charge in [0, 0.05) is 19.6 Å². The number of carbonyl (C=O) groups is 2. The van der Waals surface area contributed by atoms with Crippen LogP contribution in [0.15, 0.2) is 0 Å². The van der Waals surface area contributed by atoms with Crippen LogP contribution < -0.4 is 0 Å². The molecule has 16 heavy (non-hydrogen) atoms. The molecule has 0 spiro atoms. The fourth-order valence-corrected chi connectivity index (χ4v) is 1.40. The number of nitrogens with zero attached hydrogens (tertiary/aromatic N) is 2. The highest BCUT2D eigenvalue weighted by Crippen LogP contribution is 2.02. The van der Waals surface area contributed by atoms with Crippen molar-refractivity contribution >= 4 is 11.7 Å². The zero-order chi connectivity index (χ0) is 12.7. The summed E-state index contributed by atoms with van der Waals surface area (Å²) in [6, 6.07) is 0. The third-order valence-electron chi connectivity index (χ3n) is 2.16. The van der Waals surface area contributed by atoms with Crippen LogP contribution in [0.3, 0.4) is 0 Å². The van der Waals surface area contributed by atoms with E-state index < -0.39 is 0 Å². The number of amides is 1. The molecule has 4 nitrogen and oxygen atoms in total. The monoisotopic (exact) mass is 228 g/mol. The minimum absolute atomic E-state index is 0.0279. The van der Waals surface area contributed by atoms with Crippen molar-refractivity contribution in [3.05, 3.63) is 0 Å². The molecule has 0 saturated carbocycles. The Bertz CT molecular complexity index is 237. The smallest absolute Gasteiger partial charge is 0.230 e. The molecule has 0 N–H and O–H groups in total. The first-order chi connectivity index (χ1) is 7.32. The van der Waals surface area contributed by atoms with Gasteiger partial charge >= 0.3 is 0 Å². The number of Topliss-reactive ketones (excluding diaryl/α,β-unsaturated/α-hetero) is 1. The summed E-state index contributed by atoms with van der Waals surface area (Å²) in [4.78, 5) is 26.5. The molecule has 0 bridgehead atoms. The van der Waals surface area contributed by atoms with Gasteiger partial charge in [0.15, 0.2) is 0 Å². The average Bonchev–Trinajstić information content (AvgIpc) is 2.09. The van der Waals surface area contributed by atoms with E-state index in [1.165, 1.54) is 6.92 Å². The van der Waals surface area contributed by atoms with Crippen LogP contribution in [0.5, 0.6) is 0 Å². The summed E-state index contributed by atoms with van der Waals surface area (Å²) in [6.07, 6.45) is 0.0279. The highest BCUT2D eigenvalue weighted by molar-refractivity contribution is 5.96. The number of ketones is 1. The normalized spacial score (nSPS) is 10.9. The summed E-state index contributed by atoms with van der Waals surface area (Å²) >= 11 is 0. The lowest BCUT2D eigenvalue weighted by molar-refractivity contribution is -0.135. The lowest BCUT2D eigenvalue weighted by atomic mass is 10.2. The molecule has 0 fully saturated rings. The Hall–Kier alpha value is -0.900. The molecule has 0 rings (SSSR count). The molecule has 0 saturated heterocycles. The SMILES string of the molecule is CC(=O)CC(=O)N(CCN(C)C)CC(C)C. The Morgan fingerprint density at radius 1 is 1.12 bits per heavy atom. The summed E-state index contributed by atoms with van der Waals surface area (Å²) in [5, 5.41) is 0. The summed E-state index contributed by atoms with van der Waals surface area (Å²) in [6.45, 7) is 7.85. The van der Waals surface area contributed by atoms with E-state index >= 15 is 0 Å². The van der Waals surface area contributed by atoms with Crippen LogP contribution >= 0.6 is 0 Å². The van der Waals surface area contributed by atoms with Gasteiger partial charge in [-0.1, -0.05) is 13.8 Å². The van der Waals surface area contributed by atoms with Crippen LogP contribution in [0.4, 0.5) is 0 Å². The van der Waals surface area contributed by atoms with E-state index in [1.807, 2.05) is 19.0 Å². The molecule has 0 aromatic rings. The van der Waals surface area contributed by atoms with E-state index in [9.17, 15) is 9.59 Å². The van der Waals surface area contributed by atoms with Crippen molar-refractivity contribution in [1.29, 1.82) is 0 Å². The number of likely N-dealkylation sites (N-methyl/N-ethyl adjacent to an activating group) is 1. The van der Waals surface area contributed by atoms with Gasteiger partial charge in [0.2, 0.25) is 5.91 Å². The molecule has 0 unspecified atom stereocenters. The molecular formula is C12H24N2O2. The average molecular weight is 228 g/mol. The number of hydrogen-bond donors (Lipinski definition) is 0. The molecule has 0 aliphatic heterocycles. The standard InChI is InChI=1S/C12H24N2O2/c1-10(2)9-14(7-6-13(4)5)12(16)8-11(3)15/h10H,6-9H2,1-5H3. The first-order valence-electron chi connectivity index (χ1n) is 5.75. The molecule has 0 aromatic carbocycles. The van der Waals surface area contributed by atoms with Gasteiger partial charge in [-0.05, 0) is 26.9 Å². The van der Waals surface area contributed by atoms with Crippen LogP contribution in [0, 0.1) is 5.92 Å². The Labute approximate surface area is 98.6 Å². The van der Waals surface area contributed by atoms with Crippen LogP contribution in [0.25, 0.3) is 0 Å². The predicted molar refractivity (Wildman–Crippen MR) is 65.3 cm³/mol. The molecule has 0 aromatic heterocycles. The molecule has 94 valence electrons. The van der Waals surface area contributed by atoms with Crippen molar-refractivity contribution in [3.8, 4) is 0 Å². The third kappa shape index (κ3) is 7.40. The fourth-order valence-electron chi connectivity index (χ4n) is 1.40. The zero-order valence-corrected chi connectivity index (χ0v) is 11.1. The molecule has 0 aliphatic carbocycles. The Kier molecular flexibility index (Phi) is 6.97. The van der Waals surface area contributed by atoms with Gasteiger partial charge in [-0.2, -0.15) is 0 Å². The summed E-state index contributed by atoms with van der Waals surface area (Å²) in [7, 11) is 3.95. The van der Waals surface area contributed by atoms with Crippen molar-refractivity contribution in [2.75, 3.05) is 33.7 Å². The Balaban J connectivity index is 4.28. The van der Waals surface area contributed by atoms with Gasteiger partial charge in [-0.15, -0.1) is 0 Å². The van der Waals surface area contributed by atoms with Gasteiger partial charge in [-0.3, -0.25) is 9.59 Å². The van der Waals surface area contributed by atoms with Crippen LogP contribution in [0.1, 0.15) is 27.2 Å². The fraction of sp³-hybridized carbons (Fsp3) is 0.833. The van der Waals surface area contributed by atoms with E-state index in [0.717, 1.165) is 13.1 Å². The maximum absolute atomic E-state index is 11.8. The summed E-state index contributed by atoms with van der Waals surface area (Å²) < 4.78 is 0. The minimum Gasteiger partial charge on any atom is -0.341 e.